The molecule has 1 aliphatic heterocycles. The van der Waals surface area contributed by atoms with Gasteiger partial charge in [0.05, 0.1) is 7.11 Å². The number of halogens is 1. The van der Waals surface area contributed by atoms with Crippen LogP contribution in [0.3, 0.4) is 0 Å². The number of hydrogen-bond donors (Lipinski definition) is 1. The lowest BCUT2D eigenvalue weighted by molar-refractivity contribution is -0.122. The van der Waals surface area contributed by atoms with E-state index in [-0.39, 0.29) is 11.7 Å². The SMILES string of the molecule is COc1ccc(F)c2c1C(O)(C1CCN(C)CC1)C(C)(C)C2. The molecule has 1 heterocycles. The monoisotopic (exact) mass is 307 g/mol. The van der Waals surface area contributed by atoms with Crippen molar-refractivity contribution >= 4 is 0 Å². The van der Waals surface area contributed by atoms with Gasteiger partial charge in [0.2, 0.25) is 0 Å². The van der Waals surface area contributed by atoms with Crippen molar-refractivity contribution in [3.05, 3.63) is 29.1 Å². The molecule has 2 aliphatic rings. The number of nitrogens with zero attached hydrogens (tertiary/aromatic N) is 1. The minimum absolute atomic E-state index is 0.135. The Morgan fingerprint density at radius 3 is 2.50 bits per heavy atom. The number of fused-ring (bicyclic) bond motifs is 1. The molecule has 1 saturated heterocycles. The molecule has 3 rings (SSSR count). The van der Waals surface area contributed by atoms with Gasteiger partial charge in [-0.2, -0.15) is 0 Å². The average molecular weight is 307 g/mol. The van der Waals surface area contributed by atoms with E-state index >= 15 is 0 Å². The predicted octanol–water partition coefficient (Wildman–Crippen LogP) is 2.95. The molecule has 1 atom stereocenters. The van der Waals surface area contributed by atoms with Gasteiger partial charge < -0.3 is 14.7 Å². The first-order valence-electron chi connectivity index (χ1n) is 8.08. The van der Waals surface area contributed by atoms with E-state index in [2.05, 4.69) is 11.9 Å². The van der Waals surface area contributed by atoms with Gasteiger partial charge in [-0.1, -0.05) is 13.8 Å². The second-order valence-corrected chi connectivity index (χ2v) is 7.51. The zero-order valence-corrected chi connectivity index (χ0v) is 13.9. The van der Waals surface area contributed by atoms with Crippen LogP contribution in [0.15, 0.2) is 12.1 Å². The van der Waals surface area contributed by atoms with Crippen LogP contribution in [0.2, 0.25) is 0 Å². The van der Waals surface area contributed by atoms with E-state index in [1.165, 1.54) is 6.07 Å². The maximum Gasteiger partial charge on any atom is 0.127 e. The maximum atomic E-state index is 14.3. The molecule has 3 nitrogen and oxygen atoms in total. The standard InChI is InChI=1S/C18H26FNO2/c1-17(2)11-13-14(19)5-6-15(22-4)16(13)18(17,21)12-7-9-20(3)10-8-12/h5-6,12,21H,7-11H2,1-4H3. The molecule has 22 heavy (non-hydrogen) atoms. The fraction of sp³-hybridized carbons (Fsp3) is 0.667. The third kappa shape index (κ3) is 2.08. The molecule has 0 radical (unpaired) electrons. The lowest BCUT2D eigenvalue weighted by Gasteiger charge is -2.46. The van der Waals surface area contributed by atoms with Crippen LogP contribution >= 0.6 is 0 Å². The average Bonchev–Trinajstić information content (AvgIpc) is 2.70. The molecule has 0 spiro atoms. The molecule has 0 amide bonds. The number of likely N-dealkylation sites (tertiary alicyclic amines) is 1. The van der Waals surface area contributed by atoms with E-state index in [0.29, 0.717) is 23.3 Å². The third-order valence-electron chi connectivity index (χ3n) is 5.78. The molecule has 1 aromatic carbocycles. The van der Waals surface area contributed by atoms with Gasteiger partial charge in [0.25, 0.3) is 0 Å². The number of ether oxygens (including phenoxy) is 1. The van der Waals surface area contributed by atoms with Gasteiger partial charge in [0.1, 0.15) is 17.2 Å². The maximum absolute atomic E-state index is 14.3. The Kier molecular flexibility index (Phi) is 3.73. The van der Waals surface area contributed by atoms with Crippen molar-refractivity contribution in [1.29, 1.82) is 0 Å². The van der Waals surface area contributed by atoms with Crippen molar-refractivity contribution in [3.8, 4) is 5.75 Å². The van der Waals surface area contributed by atoms with E-state index in [1.807, 2.05) is 13.8 Å². The second-order valence-electron chi connectivity index (χ2n) is 7.51. The summed E-state index contributed by atoms with van der Waals surface area (Å²) in [5, 5.41) is 11.8. The number of methoxy groups -OCH3 is 1. The summed E-state index contributed by atoms with van der Waals surface area (Å²) in [5.41, 5.74) is -0.108. The van der Waals surface area contributed by atoms with Crippen LogP contribution < -0.4 is 4.74 Å². The highest BCUT2D eigenvalue weighted by atomic mass is 19.1. The fourth-order valence-electron chi connectivity index (χ4n) is 4.46. The van der Waals surface area contributed by atoms with Crippen LogP contribution in [0, 0.1) is 17.2 Å². The van der Waals surface area contributed by atoms with E-state index < -0.39 is 11.0 Å². The van der Waals surface area contributed by atoms with Gasteiger partial charge in [-0.15, -0.1) is 0 Å². The minimum atomic E-state index is -1.03. The smallest absolute Gasteiger partial charge is 0.127 e. The summed E-state index contributed by atoms with van der Waals surface area (Å²) in [4.78, 5) is 2.28. The Morgan fingerprint density at radius 2 is 1.91 bits per heavy atom. The van der Waals surface area contributed by atoms with Crippen LogP contribution in [0.5, 0.6) is 5.75 Å². The van der Waals surface area contributed by atoms with Crippen LogP contribution in [0.4, 0.5) is 4.39 Å². The highest BCUT2D eigenvalue weighted by Crippen LogP contribution is 2.58. The van der Waals surface area contributed by atoms with Gasteiger partial charge in [-0.05, 0) is 63.0 Å². The number of hydrogen-bond acceptors (Lipinski definition) is 3. The molecule has 0 bridgehead atoms. The van der Waals surface area contributed by atoms with Gasteiger partial charge in [-0.25, -0.2) is 4.39 Å². The summed E-state index contributed by atoms with van der Waals surface area (Å²) in [5.74, 6) is 0.520. The second kappa shape index (κ2) is 5.20. The van der Waals surface area contributed by atoms with Crippen molar-refractivity contribution in [2.45, 2.75) is 38.7 Å². The number of benzene rings is 1. The zero-order valence-electron chi connectivity index (χ0n) is 13.9. The Labute approximate surface area is 132 Å². The quantitative estimate of drug-likeness (QED) is 0.912. The van der Waals surface area contributed by atoms with Gasteiger partial charge in [-0.3, -0.25) is 0 Å². The summed E-state index contributed by atoms with van der Waals surface area (Å²) >= 11 is 0. The van der Waals surface area contributed by atoms with Crippen molar-refractivity contribution in [2.24, 2.45) is 11.3 Å². The Bertz CT molecular complexity index is 579. The van der Waals surface area contributed by atoms with Crippen molar-refractivity contribution in [1.82, 2.24) is 4.90 Å². The van der Waals surface area contributed by atoms with Crippen molar-refractivity contribution in [3.63, 3.8) is 0 Å². The first-order chi connectivity index (χ1) is 10.3. The predicted molar refractivity (Wildman–Crippen MR) is 84.6 cm³/mol. The van der Waals surface area contributed by atoms with Crippen LogP contribution in [0.25, 0.3) is 0 Å². The molecule has 0 aromatic heterocycles. The lowest BCUT2D eigenvalue weighted by atomic mass is 9.65. The normalized spacial score (nSPS) is 28.6. The number of rotatable bonds is 2. The molecular weight excluding hydrogens is 281 g/mol. The van der Waals surface area contributed by atoms with E-state index in [1.54, 1.807) is 13.2 Å². The van der Waals surface area contributed by atoms with Crippen LogP contribution in [-0.4, -0.2) is 37.3 Å². The molecular formula is C18H26FNO2. The summed E-state index contributed by atoms with van der Waals surface area (Å²) in [6.45, 7) is 6.03. The molecule has 1 aliphatic carbocycles. The molecule has 1 fully saturated rings. The molecule has 1 N–H and O–H groups in total. The Balaban J connectivity index is 2.13. The van der Waals surface area contributed by atoms with Gasteiger partial charge in [0.15, 0.2) is 0 Å². The largest absolute Gasteiger partial charge is 0.496 e. The Hall–Kier alpha value is -1.13. The Morgan fingerprint density at radius 1 is 1.27 bits per heavy atom. The molecule has 4 heteroatoms. The topological polar surface area (TPSA) is 32.7 Å². The first kappa shape index (κ1) is 15.8. The lowest BCUT2D eigenvalue weighted by Crippen LogP contribution is -2.49. The highest BCUT2D eigenvalue weighted by molar-refractivity contribution is 5.51. The fourth-order valence-corrected chi connectivity index (χ4v) is 4.46. The minimum Gasteiger partial charge on any atom is -0.496 e. The summed E-state index contributed by atoms with van der Waals surface area (Å²) < 4.78 is 19.8. The molecule has 122 valence electrons. The van der Waals surface area contributed by atoms with Crippen molar-refractivity contribution in [2.75, 3.05) is 27.2 Å². The summed E-state index contributed by atoms with van der Waals surface area (Å²) in [7, 11) is 3.70. The third-order valence-corrected chi connectivity index (χ3v) is 5.78. The zero-order chi connectivity index (χ0) is 16.1. The van der Waals surface area contributed by atoms with Crippen molar-refractivity contribution < 1.29 is 14.2 Å². The molecule has 0 saturated carbocycles. The van der Waals surface area contributed by atoms with Crippen LogP contribution in [-0.2, 0) is 12.0 Å². The first-order valence-corrected chi connectivity index (χ1v) is 8.08. The van der Waals surface area contributed by atoms with E-state index in [4.69, 9.17) is 4.74 Å². The number of piperidine rings is 1. The molecule has 1 aromatic rings. The van der Waals surface area contributed by atoms with E-state index in [9.17, 15) is 9.50 Å². The summed E-state index contributed by atoms with van der Waals surface area (Å²) in [6, 6.07) is 3.10. The summed E-state index contributed by atoms with van der Waals surface area (Å²) in [6.07, 6.45) is 2.40. The van der Waals surface area contributed by atoms with Crippen LogP contribution in [0.1, 0.15) is 37.8 Å². The van der Waals surface area contributed by atoms with Gasteiger partial charge in [0, 0.05) is 11.0 Å². The highest BCUT2D eigenvalue weighted by Gasteiger charge is 2.57. The number of aliphatic hydroxyl groups is 1. The molecule has 1 unspecified atom stereocenters. The van der Waals surface area contributed by atoms with Gasteiger partial charge >= 0.3 is 0 Å². The van der Waals surface area contributed by atoms with E-state index in [0.717, 1.165) is 25.9 Å².